The number of benzene rings is 3. The van der Waals surface area contributed by atoms with Crippen LogP contribution in [-0.2, 0) is 6.73 Å². The van der Waals surface area contributed by atoms with Crippen LogP contribution < -0.4 is 14.8 Å². The first-order chi connectivity index (χ1) is 16.8. The van der Waals surface area contributed by atoms with Gasteiger partial charge >= 0.3 is 0 Å². The van der Waals surface area contributed by atoms with Crippen molar-refractivity contribution in [3.63, 3.8) is 0 Å². The van der Waals surface area contributed by atoms with Crippen molar-refractivity contribution in [2.75, 3.05) is 5.32 Å². The van der Waals surface area contributed by atoms with E-state index < -0.39 is 10.8 Å². The summed E-state index contributed by atoms with van der Waals surface area (Å²) in [6.07, 6.45) is 1.45. The molecule has 0 spiro atoms. The molecule has 1 N–H and O–H groups in total. The van der Waals surface area contributed by atoms with Gasteiger partial charge in [0.2, 0.25) is 0 Å². The fourth-order valence-electron chi connectivity index (χ4n) is 3.16. The van der Waals surface area contributed by atoms with Gasteiger partial charge in [0.15, 0.2) is 6.73 Å². The summed E-state index contributed by atoms with van der Waals surface area (Å²) in [6.45, 7) is 1.77. The summed E-state index contributed by atoms with van der Waals surface area (Å²) in [7, 11) is 0. The predicted octanol–water partition coefficient (Wildman–Crippen LogP) is 6.49. The van der Waals surface area contributed by atoms with Crippen LogP contribution in [0, 0.1) is 17.0 Å². The number of amides is 1. The van der Waals surface area contributed by atoms with Crippen LogP contribution in [0.5, 0.6) is 17.2 Å². The van der Waals surface area contributed by atoms with E-state index in [0.717, 1.165) is 5.56 Å². The van der Waals surface area contributed by atoms with Gasteiger partial charge in [0, 0.05) is 28.4 Å². The van der Waals surface area contributed by atoms with Crippen LogP contribution in [-0.4, -0.2) is 20.6 Å². The number of aryl methyl sites for hydroxylation is 1. The second kappa shape index (κ2) is 10.5. The number of carbonyl (C=O) groups excluding carboxylic acids is 1. The molecule has 11 heteroatoms. The summed E-state index contributed by atoms with van der Waals surface area (Å²) in [5, 5.41) is 19.3. The zero-order valence-electron chi connectivity index (χ0n) is 18.3. The molecule has 4 aromatic rings. The standard InChI is InChI=1S/C24H18Cl2N4O5/c1-15-10-17(26)4-7-23(15)35-21-12-18(11-19(13-21)30(32)33)28-24(31)22-8-9-27-29(22)14-34-20-5-2-16(25)3-6-20/h2-13H,14H2,1H3,(H,28,31). The fourth-order valence-corrected chi connectivity index (χ4v) is 3.52. The number of nitro groups is 1. The van der Waals surface area contributed by atoms with Gasteiger partial charge in [-0.2, -0.15) is 5.10 Å². The van der Waals surface area contributed by atoms with Crippen LogP contribution in [0.2, 0.25) is 10.0 Å². The maximum Gasteiger partial charge on any atom is 0.275 e. The van der Waals surface area contributed by atoms with E-state index in [2.05, 4.69) is 10.4 Å². The molecule has 178 valence electrons. The van der Waals surface area contributed by atoms with E-state index in [0.29, 0.717) is 21.5 Å². The smallest absolute Gasteiger partial charge is 0.275 e. The first kappa shape index (κ1) is 24.1. The molecule has 9 nitrogen and oxygen atoms in total. The number of hydrogen-bond acceptors (Lipinski definition) is 6. The summed E-state index contributed by atoms with van der Waals surface area (Å²) in [4.78, 5) is 23.8. The van der Waals surface area contributed by atoms with Gasteiger partial charge < -0.3 is 14.8 Å². The molecule has 0 aliphatic carbocycles. The largest absolute Gasteiger partial charge is 0.471 e. The van der Waals surface area contributed by atoms with Crippen molar-refractivity contribution in [3.8, 4) is 17.2 Å². The number of rotatable bonds is 8. The SMILES string of the molecule is Cc1cc(Cl)ccc1Oc1cc(NC(=O)c2ccnn2COc2ccc(Cl)cc2)cc([N+](=O)[O-])c1. The topological polar surface area (TPSA) is 109 Å². The number of hydrogen-bond donors (Lipinski definition) is 1. The molecule has 1 amide bonds. The normalized spacial score (nSPS) is 10.6. The molecule has 35 heavy (non-hydrogen) atoms. The molecular weight excluding hydrogens is 495 g/mol. The molecule has 1 heterocycles. The number of non-ortho nitro benzene ring substituents is 1. The molecule has 0 aliphatic rings. The van der Waals surface area contributed by atoms with Gasteiger partial charge in [0.25, 0.3) is 11.6 Å². The van der Waals surface area contributed by atoms with Gasteiger partial charge in [-0.25, -0.2) is 4.68 Å². The van der Waals surface area contributed by atoms with Crippen molar-refractivity contribution in [2.24, 2.45) is 0 Å². The lowest BCUT2D eigenvalue weighted by Gasteiger charge is -2.12. The summed E-state index contributed by atoms with van der Waals surface area (Å²) in [6, 6.07) is 17.3. The molecule has 0 saturated carbocycles. The lowest BCUT2D eigenvalue weighted by molar-refractivity contribution is -0.384. The monoisotopic (exact) mass is 512 g/mol. The third-order valence-electron chi connectivity index (χ3n) is 4.84. The molecule has 0 atom stereocenters. The summed E-state index contributed by atoms with van der Waals surface area (Å²) in [5.41, 5.74) is 0.877. The van der Waals surface area contributed by atoms with Crippen LogP contribution >= 0.6 is 23.2 Å². The number of carbonyl (C=O) groups is 1. The highest BCUT2D eigenvalue weighted by atomic mass is 35.5. The van der Waals surface area contributed by atoms with Crippen molar-refractivity contribution in [2.45, 2.75) is 13.7 Å². The van der Waals surface area contributed by atoms with Crippen molar-refractivity contribution < 1.29 is 19.2 Å². The van der Waals surface area contributed by atoms with Gasteiger partial charge in [0.1, 0.15) is 22.9 Å². The van der Waals surface area contributed by atoms with Crippen molar-refractivity contribution >= 4 is 40.5 Å². The molecule has 1 aromatic heterocycles. The minimum Gasteiger partial charge on any atom is -0.471 e. The van der Waals surface area contributed by atoms with Crippen LogP contribution in [0.15, 0.2) is 72.9 Å². The maximum absolute atomic E-state index is 12.9. The van der Waals surface area contributed by atoms with E-state index in [-0.39, 0.29) is 29.5 Å². The zero-order chi connectivity index (χ0) is 24.9. The van der Waals surface area contributed by atoms with E-state index in [1.165, 1.54) is 35.1 Å². The Morgan fingerprint density at radius 3 is 2.49 bits per heavy atom. The van der Waals surface area contributed by atoms with Gasteiger partial charge in [-0.15, -0.1) is 0 Å². The minimum atomic E-state index is -0.568. The second-order valence-corrected chi connectivity index (χ2v) is 8.25. The second-order valence-electron chi connectivity index (χ2n) is 7.38. The van der Waals surface area contributed by atoms with Gasteiger partial charge in [-0.1, -0.05) is 23.2 Å². The Bertz CT molecular complexity index is 1390. The number of aromatic nitrogens is 2. The first-order valence-corrected chi connectivity index (χ1v) is 11.0. The molecule has 0 aliphatic heterocycles. The van der Waals surface area contributed by atoms with Crippen LogP contribution in [0.3, 0.4) is 0 Å². The van der Waals surface area contributed by atoms with E-state index in [9.17, 15) is 14.9 Å². The first-order valence-electron chi connectivity index (χ1n) is 10.2. The molecule has 3 aromatic carbocycles. The fraction of sp³-hybridized carbons (Fsp3) is 0.0833. The number of ether oxygens (including phenoxy) is 2. The van der Waals surface area contributed by atoms with Crippen LogP contribution in [0.25, 0.3) is 0 Å². The highest BCUT2D eigenvalue weighted by Gasteiger charge is 2.17. The average Bonchev–Trinajstić information content (AvgIpc) is 3.29. The summed E-state index contributed by atoms with van der Waals surface area (Å²) >= 11 is 11.9. The quantitative estimate of drug-likeness (QED) is 0.213. The predicted molar refractivity (Wildman–Crippen MR) is 132 cm³/mol. The molecule has 0 radical (unpaired) electrons. The van der Waals surface area contributed by atoms with Gasteiger partial charge in [-0.05, 0) is 61.0 Å². The molecule has 0 bridgehead atoms. The number of halogens is 2. The van der Waals surface area contributed by atoms with E-state index >= 15 is 0 Å². The van der Waals surface area contributed by atoms with Crippen LogP contribution in [0.4, 0.5) is 11.4 Å². The van der Waals surface area contributed by atoms with Crippen molar-refractivity contribution in [1.29, 1.82) is 0 Å². The number of nitrogens with zero attached hydrogens (tertiary/aromatic N) is 3. The zero-order valence-corrected chi connectivity index (χ0v) is 19.8. The lowest BCUT2D eigenvalue weighted by atomic mass is 10.2. The van der Waals surface area contributed by atoms with Crippen molar-refractivity contribution in [3.05, 3.63) is 104 Å². The van der Waals surface area contributed by atoms with E-state index in [1.807, 2.05) is 0 Å². The molecule has 0 saturated heterocycles. The van der Waals surface area contributed by atoms with E-state index in [1.54, 1.807) is 49.4 Å². The maximum atomic E-state index is 12.9. The number of nitrogens with one attached hydrogen (secondary N) is 1. The highest BCUT2D eigenvalue weighted by molar-refractivity contribution is 6.30. The average molecular weight is 513 g/mol. The Morgan fingerprint density at radius 1 is 1.03 bits per heavy atom. The Morgan fingerprint density at radius 2 is 1.77 bits per heavy atom. The summed E-state index contributed by atoms with van der Waals surface area (Å²) < 4.78 is 12.8. The minimum absolute atomic E-state index is 0.0312. The molecule has 4 rings (SSSR count). The van der Waals surface area contributed by atoms with Crippen molar-refractivity contribution in [1.82, 2.24) is 9.78 Å². The van der Waals surface area contributed by atoms with E-state index in [4.69, 9.17) is 32.7 Å². The number of nitro benzene ring substituents is 1. The van der Waals surface area contributed by atoms with Gasteiger partial charge in [0.05, 0.1) is 16.7 Å². The Hall–Kier alpha value is -4.08. The Balaban J connectivity index is 1.52. The lowest BCUT2D eigenvalue weighted by Crippen LogP contribution is -2.19. The molecule has 0 unspecified atom stereocenters. The third-order valence-corrected chi connectivity index (χ3v) is 5.33. The number of anilines is 1. The Labute approximate surface area is 210 Å². The molecular formula is C24H18Cl2N4O5. The molecule has 0 fully saturated rings. The van der Waals surface area contributed by atoms with Crippen LogP contribution in [0.1, 0.15) is 16.1 Å². The third kappa shape index (κ3) is 6.08. The van der Waals surface area contributed by atoms with Gasteiger partial charge in [-0.3, -0.25) is 14.9 Å². The highest BCUT2D eigenvalue weighted by Crippen LogP contribution is 2.32. The Kier molecular flexibility index (Phi) is 7.19. The summed E-state index contributed by atoms with van der Waals surface area (Å²) in [5.74, 6) is 0.676.